The maximum Gasteiger partial charge on any atom is 0.262 e. The Morgan fingerprint density at radius 2 is 1.73 bits per heavy atom. The number of likely N-dealkylation sites (N-methyl/N-ethyl adjacent to an activating group) is 1. The average molecular weight is 356 g/mol. The number of carbonyl (C=O) groups excluding carboxylic acids is 2. The second kappa shape index (κ2) is 9.58. The van der Waals surface area contributed by atoms with E-state index in [2.05, 4.69) is 10.6 Å². The Morgan fingerprint density at radius 3 is 2.42 bits per heavy atom. The summed E-state index contributed by atoms with van der Waals surface area (Å²) in [6.07, 6.45) is 0. The second-order valence-electron chi connectivity index (χ2n) is 6.41. The zero-order chi connectivity index (χ0) is 18.9. The quantitative estimate of drug-likeness (QED) is 0.658. The van der Waals surface area contributed by atoms with Gasteiger partial charge in [-0.3, -0.25) is 9.59 Å². The lowest BCUT2D eigenvalue weighted by atomic mass is 10.2. The van der Waals surface area contributed by atoms with E-state index < -0.39 is 0 Å². The lowest BCUT2D eigenvalue weighted by Crippen LogP contribution is -3.06. The van der Waals surface area contributed by atoms with Crippen molar-refractivity contribution in [3.05, 3.63) is 59.7 Å². The van der Waals surface area contributed by atoms with E-state index in [1.54, 1.807) is 24.3 Å². The number of ether oxygens (including phenoxy) is 1. The molecule has 0 fully saturated rings. The van der Waals surface area contributed by atoms with Gasteiger partial charge < -0.3 is 20.3 Å². The Labute approximate surface area is 154 Å². The summed E-state index contributed by atoms with van der Waals surface area (Å²) >= 11 is 0. The highest BCUT2D eigenvalue weighted by Gasteiger charge is 2.13. The molecule has 0 bridgehead atoms. The molecular weight excluding hydrogens is 330 g/mol. The van der Waals surface area contributed by atoms with Gasteiger partial charge in [0.25, 0.3) is 11.8 Å². The highest BCUT2D eigenvalue weighted by Crippen LogP contribution is 2.18. The van der Waals surface area contributed by atoms with Gasteiger partial charge in [-0.25, -0.2) is 0 Å². The van der Waals surface area contributed by atoms with E-state index in [-0.39, 0.29) is 18.4 Å². The van der Waals surface area contributed by atoms with E-state index in [4.69, 9.17) is 4.74 Å². The number of quaternary nitrogens is 1. The van der Waals surface area contributed by atoms with Gasteiger partial charge in [0, 0.05) is 5.69 Å². The van der Waals surface area contributed by atoms with E-state index in [1.165, 1.54) is 4.90 Å². The fraction of sp³-hybridized carbons (Fsp3) is 0.300. The summed E-state index contributed by atoms with van der Waals surface area (Å²) in [7, 11) is 4.05. The molecule has 0 unspecified atom stereocenters. The normalized spacial score (nSPS) is 10.5. The molecule has 0 aliphatic rings. The van der Waals surface area contributed by atoms with Crippen LogP contribution in [0.3, 0.4) is 0 Å². The molecule has 0 atom stereocenters. The van der Waals surface area contributed by atoms with Crippen LogP contribution in [0.15, 0.2) is 48.5 Å². The third-order valence-corrected chi connectivity index (χ3v) is 3.74. The van der Waals surface area contributed by atoms with Gasteiger partial charge in [0.05, 0.1) is 32.7 Å². The summed E-state index contributed by atoms with van der Waals surface area (Å²) in [5.74, 6) is -0.0951. The number of benzene rings is 2. The van der Waals surface area contributed by atoms with Crippen LogP contribution in [0.1, 0.15) is 15.9 Å². The standard InChI is InChI=1S/C20H25N3O3/c1-15-8-10-16(11-9-15)22-19(24)14-26-18-7-5-4-6-17(18)20(25)21-12-13-23(2)3/h4-11H,12-14H2,1-3H3,(H,21,25)(H,22,24)/p+1. The zero-order valence-corrected chi connectivity index (χ0v) is 15.5. The first-order valence-electron chi connectivity index (χ1n) is 8.61. The first-order valence-corrected chi connectivity index (χ1v) is 8.61. The maximum absolute atomic E-state index is 12.3. The molecule has 0 radical (unpaired) electrons. The van der Waals surface area contributed by atoms with Crippen LogP contribution in [-0.4, -0.2) is 45.6 Å². The topological polar surface area (TPSA) is 71.9 Å². The Kier molecular flexibility index (Phi) is 7.17. The molecule has 3 N–H and O–H groups in total. The van der Waals surface area contributed by atoms with Crippen molar-refractivity contribution in [2.45, 2.75) is 6.92 Å². The van der Waals surface area contributed by atoms with Gasteiger partial charge in [-0.2, -0.15) is 0 Å². The molecule has 0 saturated heterocycles. The summed E-state index contributed by atoms with van der Waals surface area (Å²) in [6.45, 7) is 3.22. The second-order valence-corrected chi connectivity index (χ2v) is 6.41. The molecule has 0 heterocycles. The first-order chi connectivity index (χ1) is 12.5. The third-order valence-electron chi connectivity index (χ3n) is 3.74. The molecule has 2 amide bonds. The first kappa shape index (κ1) is 19.5. The van der Waals surface area contributed by atoms with Crippen molar-refractivity contribution in [2.24, 2.45) is 0 Å². The van der Waals surface area contributed by atoms with E-state index in [0.29, 0.717) is 23.5 Å². The van der Waals surface area contributed by atoms with Gasteiger partial charge in [0.15, 0.2) is 6.61 Å². The molecule has 6 heteroatoms. The largest absolute Gasteiger partial charge is 0.483 e. The van der Waals surface area contributed by atoms with Gasteiger partial charge in [0.2, 0.25) is 0 Å². The number of carbonyl (C=O) groups is 2. The summed E-state index contributed by atoms with van der Waals surface area (Å²) in [4.78, 5) is 25.6. The molecule has 0 aromatic heterocycles. The summed E-state index contributed by atoms with van der Waals surface area (Å²) < 4.78 is 5.57. The Morgan fingerprint density at radius 1 is 1.04 bits per heavy atom. The molecule has 0 saturated carbocycles. The minimum atomic E-state index is -0.278. The van der Waals surface area contributed by atoms with Crippen LogP contribution in [0.4, 0.5) is 5.69 Å². The maximum atomic E-state index is 12.3. The van der Waals surface area contributed by atoms with Crippen molar-refractivity contribution >= 4 is 17.5 Å². The van der Waals surface area contributed by atoms with Crippen LogP contribution in [0.5, 0.6) is 5.75 Å². The van der Waals surface area contributed by atoms with Gasteiger partial charge in [-0.1, -0.05) is 29.8 Å². The van der Waals surface area contributed by atoms with E-state index in [1.807, 2.05) is 45.3 Å². The van der Waals surface area contributed by atoms with Crippen LogP contribution in [0.25, 0.3) is 0 Å². The monoisotopic (exact) mass is 356 g/mol. The summed E-state index contributed by atoms with van der Waals surface area (Å²) in [6, 6.07) is 14.4. The molecule has 0 aliphatic carbocycles. The number of rotatable bonds is 8. The molecule has 0 aliphatic heterocycles. The number of hydrogen-bond donors (Lipinski definition) is 3. The number of aryl methyl sites for hydroxylation is 1. The molecule has 0 spiro atoms. The molecule has 2 aromatic carbocycles. The van der Waals surface area contributed by atoms with E-state index in [9.17, 15) is 9.59 Å². The molecule has 2 aromatic rings. The van der Waals surface area contributed by atoms with Crippen LogP contribution >= 0.6 is 0 Å². The zero-order valence-electron chi connectivity index (χ0n) is 15.5. The number of para-hydroxylation sites is 1. The van der Waals surface area contributed by atoms with Crippen LogP contribution in [-0.2, 0) is 4.79 Å². The fourth-order valence-electron chi connectivity index (χ4n) is 2.28. The molecular formula is C20H26N3O3+. The van der Waals surface area contributed by atoms with Crippen molar-refractivity contribution in [2.75, 3.05) is 39.1 Å². The van der Waals surface area contributed by atoms with Crippen molar-refractivity contribution in [1.82, 2.24) is 5.32 Å². The van der Waals surface area contributed by atoms with Gasteiger partial charge in [-0.05, 0) is 31.2 Å². The average Bonchev–Trinajstić information content (AvgIpc) is 2.62. The number of hydrogen-bond acceptors (Lipinski definition) is 3. The van der Waals surface area contributed by atoms with E-state index in [0.717, 1.165) is 12.1 Å². The SMILES string of the molecule is Cc1ccc(NC(=O)COc2ccccc2C(=O)NCC[NH+](C)C)cc1. The number of anilines is 1. The van der Waals surface area contributed by atoms with Crippen molar-refractivity contribution in [1.29, 1.82) is 0 Å². The predicted octanol–water partition coefficient (Wildman–Crippen LogP) is 0.887. The summed E-state index contributed by atoms with van der Waals surface area (Å²) in [5.41, 5.74) is 2.25. The molecule has 26 heavy (non-hydrogen) atoms. The Balaban J connectivity index is 1.91. The van der Waals surface area contributed by atoms with Gasteiger partial charge >= 0.3 is 0 Å². The fourth-order valence-corrected chi connectivity index (χ4v) is 2.28. The molecule has 6 nitrogen and oxygen atoms in total. The predicted molar refractivity (Wildman–Crippen MR) is 102 cm³/mol. The highest BCUT2D eigenvalue weighted by atomic mass is 16.5. The van der Waals surface area contributed by atoms with Crippen molar-refractivity contribution in [3.63, 3.8) is 0 Å². The van der Waals surface area contributed by atoms with Gasteiger partial charge in [0.1, 0.15) is 5.75 Å². The Hall–Kier alpha value is -2.86. The van der Waals surface area contributed by atoms with Gasteiger partial charge in [-0.15, -0.1) is 0 Å². The lowest BCUT2D eigenvalue weighted by Gasteiger charge is -2.12. The van der Waals surface area contributed by atoms with E-state index >= 15 is 0 Å². The molecule has 138 valence electrons. The third kappa shape index (κ3) is 6.22. The Bertz CT molecular complexity index is 742. The van der Waals surface area contributed by atoms with Crippen LogP contribution < -0.4 is 20.3 Å². The smallest absolute Gasteiger partial charge is 0.262 e. The van der Waals surface area contributed by atoms with Crippen LogP contribution in [0, 0.1) is 6.92 Å². The summed E-state index contributed by atoms with van der Waals surface area (Å²) in [5, 5.41) is 5.63. The van der Waals surface area contributed by atoms with Crippen molar-refractivity contribution in [3.8, 4) is 5.75 Å². The van der Waals surface area contributed by atoms with Crippen molar-refractivity contribution < 1.29 is 19.2 Å². The number of nitrogens with one attached hydrogen (secondary N) is 3. The number of amides is 2. The minimum absolute atomic E-state index is 0.167. The lowest BCUT2D eigenvalue weighted by molar-refractivity contribution is -0.856. The molecule has 2 rings (SSSR count). The minimum Gasteiger partial charge on any atom is -0.483 e. The highest BCUT2D eigenvalue weighted by molar-refractivity contribution is 5.97. The van der Waals surface area contributed by atoms with Crippen LogP contribution in [0.2, 0.25) is 0 Å².